The van der Waals surface area contributed by atoms with Gasteiger partial charge >= 0.3 is 0 Å². The number of carbonyl (C=O) groups is 2. The maximum atomic E-state index is 12.7. The van der Waals surface area contributed by atoms with Crippen molar-refractivity contribution in [1.82, 2.24) is 0 Å². The standard InChI is InChI=1S/C23H22N2O5S/c1-3-28-16-7-5-15(6-8-16)22(27)25-23-20(21(24)26)13(2)19(31-23)11-14-4-9-17-18(10-14)30-12-29-17/h4-10H,3,11-12H2,1-2H3,(H2,24,26)(H,25,27). The molecule has 0 fully saturated rings. The molecule has 2 amide bonds. The maximum absolute atomic E-state index is 12.7. The van der Waals surface area contributed by atoms with Gasteiger partial charge in [0.25, 0.3) is 11.8 Å². The van der Waals surface area contributed by atoms with Crippen LogP contribution in [0.3, 0.4) is 0 Å². The monoisotopic (exact) mass is 438 g/mol. The van der Waals surface area contributed by atoms with Crippen molar-refractivity contribution in [3.05, 3.63) is 69.6 Å². The van der Waals surface area contributed by atoms with E-state index >= 15 is 0 Å². The van der Waals surface area contributed by atoms with Crippen LogP contribution >= 0.6 is 11.3 Å². The van der Waals surface area contributed by atoms with E-state index in [2.05, 4.69) is 5.32 Å². The molecular formula is C23H22N2O5S. The van der Waals surface area contributed by atoms with Crippen LogP contribution in [0.5, 0.6) is 17.2 Å². The number of nitrogens with two attached hydrogens (primary N) is 1. The maximum Gasteiger partial charge on any atom is 0.256 e. The topological polar surface area (TPSA) is 99.9 Å². The quantitative estimate of drug-likeness (QED) is 0.578. The van der Waals surface area contributed by atoms with Gasteiger partial charge in [-0.2, -0.15) is 0 Å². The second-order valence-corrected chi connectivity index (χ2v) is 8.10. The Balaban J connectivity index is 1.57. The Hall–Kier alpha value is -3.52. The van der Waals surface area contributed by atoms with E-state index in [4.69, 9.17) is 19.9 Å². The molecule has 0 spiro atoms. The van der Waals surface area contributed by atoms with E-state index in [9.17, 15) is 9.59 Å². The molecule has 8 heteroatoms. The van der Waals surface area contributed by atoms with Crippen LogP contribution in [0.15, 0.2) is 42.5 Å². The molecular weight excluding hydrogens is 416 g/mol. The molecule has 3 aromatic rings. The lowest BCUT2D eigenvalue weighted by molar-refractivity contribution is 0.100. The molecule has 3 N–H and O–H groups in total. The number of hydrogen-bond donors (Lipinski definition) is 2. The Labute approximate surface area is 183 Å². The minimum Gasteiger partial charge on any atom is -0.494 e. The summed E-state index contributed by atoms with van der Waals surface area (Å²) in [4.78, 5) is 25.8. The zero-order valence-electron chi connectivity index (χ0n) is 17.2. The van der Waals surface area contributed by atoms with Crippen molar-refractivity contribution in [2.45, 2.75) is 20.3 Å². The second kappa shape index (κ2) is 8.69. The Kier molecular flexibility index (Phi) is 5.81. The highest BCUT2D eigenvalue weighted by atomic mass is 32.1. The van der Waals surface area contributed by atoms with Gasteiger partial charge in [0.2, 0.25) is 6.79 Å². The van der Waals surface area contributed by atoms with Crippen LogP contribution < -0.4 is 25.3 Å². The fourth-order valence-electron chi connectivity index (χ4n) is 3.39. The van der Waals surface area contributed by atoms with E-state index in [0.29, 0.717) is 46.4 Å². The van der Waals surface area contributed by atoms with Gasteiger partial charge in [0.05, 0.1) is 12.2 Å². The van der Waals surface area contributed by atoms with Crippen LogP contribution in [0.1, 0.15) is 43.6 Å². The molecule has 0 aliphatic carbocycles. The number of carbonyl (C=O) groups excluding carboxylic acids is 2. The summed E-state index contributed by atoms with van der Waals surface area (Å²) in [5.41, 5.74) is 8.19. The Morgan fingerprint density at radius 1 is 1.13 bits per heavy atom. The van der Waals surface area contributed by atoms with Crippen molar-refractivity contribution >= 4 is 28.2 Å². The molecule has 1 aliphatic rings. The smallest absolute Gasteiger partial charge is 0.256 e. The summed E-state index contributed by atoms with van der Waals surface area (Å²) >= 11 is 1.35. The van der Waals surface area contributed by atoms with Gasteiger partial charge in [0.15, 0.2) is 11.5 Å². The van der Waals surface area contributed by atoms with E-state index in [0.717, 1.165) is 16.0 Å². The van der Waals surface area contributed by atoms with Crippen LogP contribution in [0, 0.1) is 6.92 Å². The molecule has 2 heterocycles. The van der Waals surface area contributed by atoms with E-state index in [1.54, 1.807) is 24.3 Å². The highest BCUT2D eigenvalue weighted by Crippen LogP contribution is 2.37. The predicted octanol–water partition coefficient (Wildman–Crippen LogP) is 4.13. The number of ether oxygens (including phenoxy) is 3. The van der Waals surface area contributed by atoms with Crippen LogP contribution in [0.2, 0.25) is 0 Å². The lowest BCUT2D eigenvalue weighted by Gasteiger charge is -2.07. The molecule has 7 nitrogen and oxygen atoms in total. The summed E-state index contributed by atoms with van der Waals surface area (Å²) in [6, 6.07) is 12.6. The lowest BCUT2D eigenvalue weighted by Crippen LogP contribution is -2.17. The van der Waals surface area contributed by atoms with Gasteiger partial charge in [-0.3, -0.25) is 9.59 Å². The van der Waals surface area contributed by atoms with E-state index in [1.165, 1.54) is 11.3 Å². The number of anilines is 1. The zero-order valence-corrected chi connectivity index (χ0v) is 18.0. The number of benzene rings is 2. The highest BCUT2D eigenvalue weighted by molar-refractivity contribution is 7.17. The number of primary amides is 1. The summed E-state index contributed by atoms with van der Waals surface area (Å²) in [6.07, 6.45) is 0.576. The van der Waals surface area contributed by atoms with Gasteiger partial charge in [-0.25, -0.2) is 0 Å². The first kappa shape index (κ1) is 20.7. The predicted molar refractivity (Wildman–Crippen MR) is 119 cm³/mol. The number of fused-ring (bicyclic) bond motifs is 1. The van der Waals surface area contributed by atoms with Crippen LogP contribution in [-0.4, -0.2) is 25.2 Å². The van der Waals surface area contributed by atoms with Gasteiger partial charge in [-0.1, -0.05) is 6.07 Å². The molecule has 2 aromatic carbocycles. The molecule has 31 heavy (non-hydrogen) atoms. The first-order valence-corrected chi connectivity index (χ1v) is 10.6. The van der Waals surface area contributed by atoms with Crippen LogP contribution in [0.25, 0.3) is 0 Å². The fourth-order valence-corrected chi connectivity index (χ4v) is 4.63. The largest absolute Gasteiger partial charge is 0.494 e. The molecule has 1 aliphatic heterocycles. The highest BCUT2D eigenvalue weighted by Gasteiger charge is 2.22. The Bertz CT molecular complexity index is 1140. The van der Waals surface area contributed by atoms with Crippen molar-refractivity contribution in [3.63, 3.8) is 0 Å². The summed E-state index contributed by atoms with van der Waals surface area (Å²) < 4.78 is 16.2. The minimum atomic E-state index is -0.576. The molecule has 0 atom stereocenters. The summed E-state index contributed by atoms with van der Waals surface area (Å²) in [6.45, 7) is 4.50. The van der Waals surface area contributed by atoms with Crippen LogP contribution in [-0.2, 0) is 6.42 Å². The van der Waals surface area contributed by atoms with Gasteiger partial charge in [-0.05, 0) is 61.4 Å². The number of hydrogen-bond acceptors (Lipinski definition) is 6. The summed E-state index contributed by atoms with van der Waals surface area (Å²) in [5, 5.41) is 3.29. The Morgan fingerprint density at radius 3 is 2.58 bits per heavy atom. The van der Waals surface area contributed by atoms with E-state index < -0.39 is 5.91 Å². The second-order valence-electron chi connectivity index (χ2n) is 6.99. The third-order valence-corrected chi connectivity index (χ3v) is 6.16. The van der Waals surface area contributed by atoms with Crippen molar-refractivity contribution in [2.75, 3.05) is 18.7 Å². The average molecular weight is 439 g/mol. The summed E-state index contributed by atoms with van der Waals surface area (Å²) in [7, 11) is 0. The molecule has 4 rings (SSSR count). The number of rotatable bonds is 7. The normalized spacial score (nSPS) is 11.9. The SMILES string of the molecule is CCOc1ccc(C(=O)Nc2sc(Cc3ccc4c(c3)OCO4)c(C)c2C(N)=O)cc1. The van der Waals surface area contributed by atoms with Crippen molar-refractivity contribution < 1.29 is 23.8 Å². The van der Waals surface area contributed by atoms with Crippen LogP contribution in [0.4, 0.5) is 5.00 Å². The first-order valence-electron chi connectivity index (χ1n) is 9.81. The van der Waals surface area contributed by atoms with Crippen molar-refractivity contribution in [2.24, 2.45) is 5.73 Å². The fraction of sp³-hybridized carbons (Fsp3) is 0.217. The molecule has 0 radical (unpaired) electrons. The van der Waals surface area contributed by atoms with Crippen molar-refractivity contribution in [1.29, 1.82) is 0 Å². The first-order chi connectivity index (χ1) is 15.0. The third-order valence-electron chi connectivity index (χ3n) is 4.95. The molecule has 0 saturated heterocycles. The zero-order chi connectivity index (χ0) is 22.0. The summed E-state index contributed by atoms with van der Waals surface area (Å²) in [5.74, 6) is 1.21. The number of amides is 2. The van der Waals surface area contributed by atoms with E-state index in [-0.39, 0.29) is 12.7 Å². The van der Waals surface area contributed by atoms with Gasteiger partial charge < -0.3 is 25.3 Å². The average Bonchev–Trinajstić information content (AvgIpc) is 3.33. The molecule has 0 unspecified atom stereocenters. The van der Waals surface area contributed by atoms with Gasteiger partial charge in [0.1, 0.15) is 10.8 Å². The number of thiophene rings is 1. The third kappa shape index (κ3) is 4.34. The molecule has 1 aromatic heterocycles. The van der Waals surface area contributed by atoms with Crippen molar-refractivity contribution in [3.8, 4) is 17.2 Å². The van der Waals surface area contributed by atoms with Gasteiger partial charge in [0, 0.05) is 16.9 Å². The van der Waals surface area contributed by atoms with Gasteiger partial charge in [-0.15, -0.1) is 11.3 Å². The van der Waals surface area contributed by atoms with E-state index in [1.807, 2.05) is 32.0 Å². The minimum absolute atomic E-state index is 0.213. The molecule has 0 saturated carbocycles. The molecule has 160 valence electrons. The molecule has 0 bridgehead atoms. The lowest BCUT2D eigenvalue weighted by atomic mass is 10.1. The number of nitrogens with one attached hydrogen (secondary N) is 1. The Morgan fingerprint density at radius 2 is 1.87 bits per heavy atom.